The van der Waals surface area contributed by atoms with Gasteiger partial charge in [-0.25, -0.2) is 38.4 Å². The average molecular weight is 1950 g/mol. The van der Waals surface area contributed by atoms with Crippen LogP contribution in [0.5, 0.6) is 0 Å². The summed E-state index contributed by atoms with van der Waals surface area (Å²) in [5.41, 5.74) is -3.62. The van der Waals surface area contributed by atoms with Gasteiger partial charge >= 0.3 is 60.7 Å². The van der Waals surface area contributed by atoms with Crippen molar-refractivity contribution in [1.82, 2.24) is 49.8 Å². The van der Waals surface area contributed by atoms with Crippen molar-refractivity contribution in [2.75, 3.05) is 166 Å². The number of esters is 2. The predicted octanol–water partition coefficient (Wildman–Crippen LogP) is 17.0. The standard InChI is InChI=1S/C16H29BrN2O4.C16H30N2O5.C16H30N2O4S.C16H28N2O4.C14H26O4.C6H14N2S.C4H6Cl2.ClH/c1-15(2,3)22-13(20)18-7-8-19(11-12(9-17)10-18)14(21)23-16(4,5)6;1-15(2,3)22-13(20)17-7-8-18(10-12(9-17)11-19)14(21)23-16(4,5)6;1-15(2,3)21-13(19)17-7-8-18(10-12(9-17)11-23)14(20)22-16(4,5)6;1-12-10-17(13(19)21-15(2,3)4)8-9-18(11-12)14(20)22-16(5,6)7;1-13(2,3)17-11(15)9-7-8-10-12(16)18-14(4,5)6;9-5-6-3-7-1-2-8-4-6;1-4(2-5)3-6;/h12H,7-11H2,1-6H3;12,19H,7-11H2,1-6H3;12,23H,7-11H2,1-6H3;1,8-11H2,2-7H3;7-10H2,1-6H3;6-9H,1-5H2;1-3H2;1H. The number of halogens is 4. The zero-order valence-corrected chi connectivity index (χ0v) is 87.3. The van der Waals surface area contributed by atoms with Crippen LogP contribution in [-0.2, 0) is 57.0 Å². The minimum absolute atomic E-state index is 0. The highest BCUT2D eigenvalue weighted by Gasteiger charge is 2.37. The minimum Gasteiger partial charge on any atom is -0.460 e. The number of aliphatic hydroxyl groups excluding tert-OH is 1. The number of thiol groups is 2. The number of alkyl halides is 3. The molecule has 5 aliphatic rings. The lowest BCUT2D eigenvalue weighted by Gasteiger charge is -2.27. The van der Waals surface area contributed by atoms with E-state index < -0.39 is 68.2 Å². The van der Waals surface area contributed by atoms with Gasteiger partial charge in [-0.05, 0) is 262 Å². The lowest BCUT2D eigenvalue weighted by molar-refractivity contribution is -0.157. The van der Waals surface area contributed by atoms with E-state index in [0.29, 0.717) is 153 Å². The third-order valence-corrected chi connectivity index (χ3v) is 18.7. The number of rotatable bonds is 11. The van der Waals surface area contributed by atoms with E-state index in [1.165, 1.54) is 9.80 Å². The van der Waals surface area contributed by atoms with Gasteiger partial charge in [-0.1, -0.05) is 29.1 Å². The first-order valence-electron chi connectivity index (χ1n) is 42.9. The monoisotopic (exact) mass is 1940 g/mol. The first-order chi connectivity index (χ1) is 56.3. The van der Waals surface area contributed by atoms with Gasteiger partial charge in [0.1, 0.15) is 56.0 Å². The van der Waals surface area contributed by atoms with Crippen LogP contribution in [0.4, 0.5) is 38.4 Å². The second-order valence-corrected chi connectivity index (χ2v) is 43.0. The molecule has 5 rings (SSSR count). The Morgan fingerprint density at radius 2 is 0.560 bits per heavy atom. The smallest absolute Gasteiger partial charge is 0.410 e. The van der Waals surface area contributed by atoms with E-state index >= 15 is 0 Å². The molecule has 125 heavy (non-hydrogen) atoms. The molecule has 0 atom stereocenters. The van der Waals surface area contributed by atoms with Crippen molar-refractivity contribution >= 4 is 137 Å². The molecule has 8 amide bonds. The van der Waals surface area contributed by atoms with E-state index in [4.69, 9.17) is 70.6 Å². The summed E-state index contributed by atoms with van der Waals surface area (Å²) < 4.78 is 53.6. The summed E-state index contributed by atoms with van der Waals surface area (Å²) in [6, 6.07) is 0. The Hall–Kier alpha value is -5.49. The Bertz CT molecular complexity index is 2880. The zero-order valence-electron chi connectivity index (χ0n) is 81.6. The van der Waals surface area contributed by atoms with Gasteiger partial charge in [0.2, 0.25) is 0 Å². The molecule has 5 aliphatic heterocycles. The molecule has 0 spiro atoms. The van der Waals surface area contributed by atoms with E-state index in [9.17, 15) is 53.1 Å². The highest BCUT2D eigenvalue weighted by Crippen LogP contribution is 2.25. The third-order valence-electron chi connectivity index (χ3n) is 16.0. The van der Waals surface area contributed by atoms with Gasteiger partial charge in [-0.3, -0.25) is 9.59 Å². The summed E-state index contributed by atoms with van der Waals surface area (Å²) in [7, 11) is 0. The van der Waals surface area contributed by atoms with Crippen LogP contribution in [0, 0.1) is 23.7 Å². The molecule has 0 saturated carbocycles. The van der Waals surface area contributed by atoms with Crippen LogP contribution in [-0.4, -0.2) is 327 Å². The first kappa shape index (κ1) is 124. The normalized spacial score (nSPS) is 16.6. The van der Waals surface area contributed by atoms with E-state index in [0.717, 1.165) is 49.0 Å². The number of ether oxygens (including phenoxy) is 10. The highest BCUT2D eigenvalue weighted by molar-refractivity contribution is 9.09. The van der Waals surface area contributed by atoms with Crippen LogP contribution in [0.3, 0.4) is 0 Å². The van der Waals surface area contributed by atoms with E-state index in [1.54, 1.807) is 70.9 Å². The van der Waals surface area contributed by atoms with Gasteiger partial charge in [0, 0.05) is 172 Å². The molecule has 0 bridgehead atoms. The van der Waals surface area contributed by atoms with Crippen LogP contribution < -0.4 is 10.6 Å². The Morgan fingerprint density at radius 1 is 0.360 bits per heavy atom. The number of hydrogen-bond acceptors (Lipinski definition) is 25. The van der Waals surface area contributed by atoms with Crippen LogP contribution >= 0.6 is 76.8 Å². The van der Waals surface area contributed by atoms with Crippen molar-refractivity contribution in [3.05, 3.63) is 24.3 Å². The number of unbranched alkanes of at least 4 members (excludes halogenated alkanes) is 1. The maximum absolute atomic E-state index is 12.3. The quantitative estimate of drug-likeness (QED) is 0.0320. The SMILES string of the molecule is C=C(CCl)CCl.C=C1CN(C(=O)OC(C)(C)C)CCN(C(=O)OC(C)(C)C)C1.CC(C)(C)OC(=O)CCCCC(=O)OC(C)(C)C.CC(C)(C)OC(=O)N1CCN(C(=O)OC(C)(C)C)CC(CBr)C1.CC(C)(C)OC(=O)N1CCN(C(=O)OC(C)(C)C)CC(CO)C1.CC(C)(C)OC(=O)N1CCN(C(=O)OC(C)(C)C)CC(CS)C1.Cl.SCC1CNCCNC1. The summed E-state index contributed by atoms with van der Waals surface area (Å²) in [4.78, 5) is 133. The van der Waals surface area contributed by atoms with Gasteiger partial charge in [-0.15, -0.1) is 35.6 Å². The zero-order chi connectivity index (χ0) is 96.6. The Balaban J connectivity index is -0.00000143. The van der Waals surface area contributed by atoms with Crippen LogP contribution in [0.25, 0.3) is 0 Å². The summed E-state index contributed by atoms with van der Waals surface area (Å²) in [5, 5.41) is 16.9. The molecule has 0 aromatic carbocycles. The van der Waals surface area contributed by atoms with Crippen molar-refractivity contribution in [2.45, 2.75) is 289 Å². The van der Waals surface area contributed by atoms with Gasteiger partial charge in [-0.2, -0.15) is 25.3 Å². The summed E-state index contributed by atoms with van der Waals surface area (Å²) >= 11 is 22.6. The number of allylic oxidation sites excluding steroid dienone is 1. The lowest BCUT2D eigenvalue weighted by Crippen LogP contribution is -2.41. The molecular formula is C88H164BrCl3N10O21S2. The fourth-order valence-electron chi connectivity index (χ4n) is 10.9. The number of amides is 8. The number of nitrogens with zero attached hydrogens (tertiary/aromatic N) is 8. The van der Waals surface area contributed by atoms with E-state index in [2.05, 4.69) is 65.0 Å². The van der Waals surface area contributed by atoms with Crippen molar-refractivity contribution in [1.29, 1.82) is 0 Å². The van der Waals surface area contributed by atoms with Crippen molar-refractivity contribution in [2.24, 2.45) is 23.7 Å². The van der Waals surface area contributed by atoms with Gasteiger partial charge < -0.3 is 102 Å². The predicted molar refractivity (Wildman–Crippen MR) is 508 cm³/mol. The largest absolute Gasteiger partial charge is 0.460 e. The van der Waals surface area contributed by atoms with Crippen molar-refractivity contribution < 1.29 is 100 Å². The summed E-state index contributed by atoms with van der Waals surface area (Å²) in [6.45, 7) is 73.6. The molecule has 5 heterocycles. The molecule has 0 aliphatic carbocycles. The Labute approximate surface area is 786 Å². The number of aliphatic hydroxyl groups is 1. The molecule has 5 fully saturated rings. The molecule has 0 radical (unpaired) electrons. The molecule has 31 nitrogen and oxygen atoms in total. The summed E-state index contributed by atoms with van der Waals surface area (Å²) in [5.74, 6) is 2.80. The highest BCUT2D eigenvalue weighted by atomic mass is 79.9. The van der Waals surface area contributed by atoms with E-state index in [-0.39, 0.29) is 85.3 Å². The minimum atomic E-state index is -0.580. The maximum Gasteiger partial charge on any atom is 0.410 e. The molecule has 37 heteroatoms. The van der Waals surface area contributed by atoms with Crippen molar-refractivity contribution in [3.63, 3.8) is 0 Å². The molecule has 0 unspecified atom stereocenters. The number of carbonyl (C=O) groups is 10. The fraction of sp³-hybridized carbons (Fsp3) is 0.841. The Kier molecular flexibility index (Phi) is 57.0. The molecule has 0 aromatic rings. The number of carbonyl (C=O) groups excluding carboxylic acids is 10. The molecule has 732 valence electrons. The topological polar surface area (TPSA) is 333 Å². The molecule has 3 N–H and O–H groups in total. The fourth-order valence-corrected chi connectivity index (χ4v) is 12.1. The maximum atomic E-state index is 12.3. The van der Waals surface area contributed by atoms with Crippen LogP contribution in [0.2, 0.25) is 0 Å². The van der Waals surface area contributed by atoms with Gasteiger partial charge in [0.25, 0.3) is 0 Å². The lowest BCUT2D eigenvalue weighted by atomic mass is 10.1. The molecule has 5 saturated heterocycles. The molecule has 0 aromatic heterocycles. The van der Waals surface area contributed by atoms with Crippen molar-refractivity contribution in [3.8, 4) is 0 Å². The molecular weight excluding hydrogens is 1780 g/mol. The van der Waals surface area contributed by atoms with Crippen LogP contribution in [0.15, 0.2) is 24.3 Å². The second-order valence-electron chi connectivity index (χ2n) is 41.1. The van der Waals surface area contributed by atoms with E-state index in [1.807, 2.05) is 166 Å². The first-order valence-corrected chi connectivity index (χ1v) is 46.3. The summed E-state index contributed by atoms with van der Waals surface area (Å²) in [6.07, 6.45) is -1.03. The third kappa shape index (κ3) is 65.7. The number of nitrogens with one attached hydrogen (secondary N) is 2. The Morgan fingerprint density at radius 3 is 0.744 bits per heavy atom. The number of hydrogen-bond donors (Lipinski definition) is 5. The second kappa shape index (κ2) is 57.6. The average Bonchev–Trinajstić information content (AvgIpc) is 1.70. The van der Waals surface area contributed by atoms with Crippen LogP contribution in [0.1, 0.15) is 233 Å². The van der Waals surface area contributed by atoms with Gasteiger partial charge in [0.15, 0.2) is 0 Å². The van der Waals surface area contributed by atoms with Gasteiger partial charge in [0.05, 0.1) is 0 Å².